The number of H-pyrrole nitrogens is 1. The molecule has 27 heavy (non-hydrogen) atoms. The van der Waals surface area contributed by atoms with Gasteiger partial charge in [0, 0.05) is 11.8 Å². The second-order valence-electron chi connectivity index (χ2n) is 7.11. The van der Waals surface area contributed by atoms with E-state index in [2.05, 4.69) is 9.97 Å². The van der Waals surface area contributed by atoms with Crippen LogP contribution in [0.15, 0.2) is 48.2 Å². The Kier molecular flexibility index (Phi) is 3.07. The highest BCUT2D eigenvalue weighted by Crippen LogP contribution is 2.44. The van der Waals surface area contributed by atoms with Gasteiger partial charge in [-0.05, 0) is 38.1 Å². The Bertz CT molecular complexity index is 1100. The molecule has 136 valence electrons. The summed E-state index contributed by atoms with van der Waals surface area (Å²) in [6.07, 6.45) is 0. The van der Waals surface area contributed by atoms with Gasteiger partial charge >= 0.3 is 0 Å². The molecule has 1 aromatic heterocycles. The minimum absolute atomic E-state index is 0.101. The number of ether oxygens (including phenoxy) is 2. The maximum atomic E-state index is 11.0. The van der Waals surface area contributed by atoms with Crippen molar-refractivity contribution in [2.24, 2.45) is 0 Å². The molecule has 0 saturated heterocycles. The second kappa shape index (κ2) is 5.26. The molecule has 0 aliphatic carbocycles. The molecule has 5 rings (SSSR count). The van der Waals surface area contributed by atoms with Gasteiger partial charge in [0.15, 0.2) is 11.5 Å². The third-order valence-electron chi connectivity index (χ3n) is 5.08. The van der Waals surface area contributed by atoms with Crippen LogP contribution in [0.25, 0.3) is 16.6 Å². The smallest absolute Gasteiger partial charge is 0.231 e. The fourth-order valence-electron chi connectivity index (χ4n) is 3.69. The van der Waals surface area contributed by atoms with Crippen molar-refractivity contribution >= 4 is 28.1 Å². The number of nitrogens with one attached hydrogen (secondary N) is 2. The van der Waals surface area contributed by atoms with E-state index in [-0.39, 0.29) is 18.4 Å². The first-order chi connectivity index (χ1) is 13.0. The van der Waals surface area contributed by atoms with E-state index in [1.165, 1.54) is 0 Å². The monoisotopic (exact) mass is 362 g/mol. The number of rotatable bonds is 2. The van der Waals surface area contributed by atoms with Crippen LogP contribution in [0.5, 0.6) is 11.5 Å². The van der Waals surface area contributed by atoms with Gasteiger partial charge in [-0.25, -0.2) is 4.98 Å². The molecule has 3 heterocycles. The zero-order valence-corrected chi connectivity index (χ0v) is 14.9. The molecule has 0 bridgehead atoms. The van der Waals surface area contributed by atoms with Crippen molar-refractivity contribution in [1.29, 1.82) is 5.41 Å². The maximum absolute atomic E-state index is 11.0. The maximum Gasteiger partial charge on any atom is 0.231 e. The van der Waals surface area contributed by atoms with Crippen molar-refractivity contribution in [2.75, 3.05) is 11.7 Å². The van der Waals surface area contributed by atoms with Crippen LogP contribution in [0.2, 0.25) is 0 Å². The number of anilines is 1. The summed E-state index contributed by atoms with van der Waals surface area (Å²) >= 11 is 0. The summed E-state index contributed by atoms with van der Waals surface area (Å²) in [5.74, 6) is 2.07. The van der Waals surface area contributed by atoms with E-state index in [9.17, 15) is 5.11 Å². The number of aliphatic hydroxyl groups is 1. The summed E-state index contributed by atoms with van der Waals surface area (Å²) in [4.78, 5) is 9.54. The summed E-state index contributed by atoms with van der Waals surface area (Å²) in [6, 6.07) is 13.1. The molecule has 0 unspecified atom stereocenters. The average Bonchev–Trinajstić information content (AvgIpc) is 3.30. The standard InChI is InChI=1S/C20H18N4O3/c1-20(2)17(25)16(19-22-12-5-3-4-6-13(12)23-19)18(21)24(20)11-7-8-14-15(9-11)27-10-26-14/h3-9,21,25H,10H2,1-2H3,(H,22,23). The van der Waals surface area contributed by atoms with Crippen molar-refractivity contribution in [3.05, 3.63) is 54.0 Å². The Hall–Kier alpha value is -3.48. The van der Waals surface area contributed by atoms with E-state index in [1.807, 2.05) is 56.3 Å². The Morgan fingerprint density at radius 3 is 2.74 bits per heavy atom. The highest BCUT2D eigenvalue weighted by atomic mass is 16.7. The molecule has 0 spiro atoms. The van der Waals surface area contributed by atoms with Crippen LogP contribution < -0.4 is 14.4 Å². The molecule has 0 fully saturated rings. The molecule has 0 radical (unpaired) electrons. The number of nitrogens with zero attached hydrogens (tertiary/aromatic N) is 2. The molecule has 7 heteroatoms. The molecule has 7 nitrogen and oxygen atoms in total. The molecule has 2 aliphatic rings. The largest absolute Gasteiger partial charge is 0.509 e. The summed E-state index contributed by atoms with van der Waals surface area (Å²) in [5.41, 5.74) is 1.99. The number of amidine groups is 1. The number of fused-ring (bicyclic) bond motifs is 2. The van der Waals surface area contributed by atoms with Gasteiger partial charge in [0.1, 0.15) is 17.4 Å². The fraction of sp³-hybridized carbons (Fsp3) is 0.200. The van der Waals surface area contributed by atoms with Crippen LogP contribution in [0.1, 0.15) is 19.7 Å². The Balaban J connectivity index is 1.62. The number of imidazole rings is 1. The number of aromatic amines is 1. The minimum atomic E-state index is -0.806. The molecule has 0 amide bonds. The van der Waals surface area contributed by atoms with Crippen LogP contribution in [-0.2, 0) is 0 Å². The fourth-order valence-corrected chi connectivity index (χ4v) is 3.69. The first-order valence-electron chi connectivity index (χ1n) is 8.64. The van der Waals surface area contributed by atoms with E-state index in [4.69, 9.17) is 14.9 Å². The van der Waals surface area contributed by atoms with Gasteiger partial charge in [-0.2, -0.15) is 0 Å². The lowest BCUT2D eigenvalue weighted by molar-refractivity contribution is 0.174. The molecule has 0 saturated carbocycles. The number of hydrogen-bond acceptors (Lipinski definition) is 5. The topological polar surface area (TPSA) is 94.5 Å². The van der Waals surface area contributed by atoms with Crippen LogP contribution >= 0.6 is 0 Å². The predicted molar refractivity (Wildman–Crippen MR) is 102 cm³/mol. The average molecular weight is 362 g/mol. The number of aliphatic hydroxyl groups excluding tert-OH is 1. The predicted octanol–water partition coefficient (Wildman–Crippen LogP) is 3.84. The summed E-state index contributed by atoms with van der Waals surface area (Å²) < 4.78 is 10.8. The minimum Gasteiger partial charge on any atom is -0.509 e. The molecule has 3 aromatic rings. The van der Waals surface area contributed by atoms with Crippen molar-refractivity contribution in [2.45, 2.75) is 19.4 Å². The normalized spacial score (nSPS) is 18.0. The molecule has 3 N–H and O–H groups in total. The first kappa shape index (κ1) is 15.7. The van der Waals surface area contributed by atoms with Gasteiger partial charge in [-0.3, -0.25) is 5.41 Å². The van der Waals surface area contributed by atoms with Crippen molar-refractivity contribution in [3.8, 4) is 11.5 Å². The van der Waals surface area contributed by atoms with E-state index in [1.54, 1.807) is 4.90 Å². The van der Waals surface area contributed by atoms with E-state index in [0.717, 1.165) is 16.7 Å². The van der Waals surface area contributed by atoms with Gasteiger partial charge in [0.2, 0.25) is 6.79 Å². The summed E-state index contributed by atoms with van der Waals surface area (Å²) in [5, 5.41) is 19.7. The SMILES string of the molecule is CC1(C)C(O)=C(c2nc3ccccc3[nH]2)C(=N)N1c1ccc2c(c1)OCO2. The summed E-state index contributed by atoms with van der Waals surface area (Å²) in [6.45, 7) is 3.93. The van der Waals surface area contributed by atoms with E-state index < -0.39 is 5.54 Å². The van der Waals surface area contributed by atoms with Gasteiger partial charge in [0.25, 0.3) is 0 Å². The lowest BCUT2D eigenvalue weighted by Crippen LogP contribution is -2.43. The zero-order chi connectivity index (χ0) is 18.8. The number of para-hydroxylation sites is 2. The van der Waals surface area contributed by atoms with E-state index >= 15 is 0 Å². The highest BCUT2D eigenvalue weighted by Gasteiger charge is 2.46. The van der Waals surface area contributed by atoms with Crippen LogP contribution in [0.4, 0.5) is 5.69 Å². The number of benzene rings is 2. The third-order valence-corrected chi connectivity index (χ3v) is 5.08. The molecule has 2 aliphatic heterocycles. The Morgan fingerprint density at radius 1 is 1.15 bits per heavy atom. The quantitative estimate of drug-likeness (QED) is 0.644. The second-order valence-corrected chi connectivity index (χ2v) is 7.11. The van der Waals surface area contributed by atoms with Crippen LogP contribution in [0, 0.1) is 5.41 Å². The summed E-state index contributed by atoms with van der Waals surface area (Å²) in [7, 11) is 0. The molecular weight excluding hydrogens is 344 g/mol. The van der Waals surface area contributed by atoms with Crippen molar-refractivity contribution in [3.63, 3.8) is 0 Å². The molecular formula is C20H18N4O3. The number of aromatic nitrogens is 2. The van der Waals surface area contributed by atoms with Gasteiger partial charge in [-0.15, -0.1) is 0 Å². The molecule has 0 atom stereocenters. The van der Waals surface area contributed by atoms with E-state index in [0.29, 0.717) is 22.9 Å². The third kappa shape index (κ3) is 2.14. The molecule has 2 aromatic carbocycles. The number of hydrogen-bond donors (Lipinski definition) is 3. The first-order valence-corrected chi connectivity index (χ1v) is 8.64. The van der Waals surface area contributed by atoms with Gasteiger partial charge in [-0.1, -0.05) is 12.1 Å². The van der Waals surface area contributed by atoms with Crippen LogP contribution in [0.3, 0.4) is 0 Å². The van der Waals surface area contributed by atoms with Gasteiger partial charge in [0.05, 0.1) is 22.1 Å². The van der Waals surface area contributed by atoms with Gasteiger partial charge < -0.3 is 24.5 Å². The Morgan fingerprint density at radius 2 is 1.93 bits per heavy atom. The van der Waals surface area contributed by atoms with Crippen molar-refractivity contribution in [1.82, 2.24) is 9.97 Å². The lowest BCUT2D eigenvalue weighted by atomic mass is 10.0. The Labute approximate surface area is 155 Å². The lowest BCUT2D eigenvalue weighted by Gasteiger charge is -2.33. The van der Waals surface area contributed by atoms with Crippen LogP contribution in [-0.4, -0.2) is 33.2 Å². The highest BCUT2D eigenvalue weighted by molar-refractivity contribution is 6.31. The zero-order valence-electron chi connectivity index (χ0n) is 14.9. The van der Waals surface area contributed by atoms with Crippen molar-refractivity contribution < 1.29 is 14.6 Å².